The monoisotopic (exact) mass is 404 g/mol. The van der Waals surface area contributed by atoms with Gasteiger partial charge < -0.3 is 4.90 Å². The highest BCUT2D eigenvalue weighted by molar-refractivity contribution is 7.89. The second kappa shape index (κ2) is 7.37. The molecule has 0 unspecified atom stereocenters. The van der Waals surface area contributed by atoms with Crippen LogP contribution in [0.4, 0.5) is 0 Å². The average molecular weight is 405 g/mol. The number of hydrogen-bond acceptors (Lipinski definition) is 4. The average Bonchev–Trinajstić information content (AvgIpc) is 3.38. The number of hydrogen-bond donors (Lipinski definition) is 0. The molecule has 1 aromatic heterocycles. The number of amides is 1. The molecule has 0 aliphatic carbocycles. The molecule has 27 heavy (non-hydrogen) atoms. The van der Waals surface area contributed by atoms with Crippen LogP contribution in [-0.4, -0.2) is 43.2 Å². The number of rotatable bonds is 4. The zero-order valence-corrected chi connectivity index (χ0v) is 17.1. The first-order valence-electron chi connectivity index (χ1n) is 9.50. The van der Waals surface area contributed by atoms with Gasteiger partial charge in [0.1, 0.15) is 0 Å². The number of carbonyl (C=O) groups excluding carboxylic acids is 1. The lowest BCUT2D eigenvalue weighted by molar-refractivity contribution is 0.0657. The van der Waals surface area contributed by atoms with Gasteiger partial charge in [-0.3, -0.25) is 4.79 Å². The first-order chi connectivity index (χ1) is 13.0. The second-order valence-corrected chi connectivity index (χ2v) is 10.0. The van der Waals surface area contributed by atoms with Gasteiger partial charge in [-0.1, -0.05) is 6.92 Å². The standard InChI is InChI=1S/C20H24N2O3S2/c1-2-18-17-10-14-26-19(17)9-13-22(18)20(23)15-5-7-16(8-6-15)27(24,25)21-11-3-4-12-21/h5-8,10,14,18H,2-4,9,11-13H2,1H3/t18-/m0/s1. The van der Waals surface area contributed by atoms with Gasteiger partial charge in [0, 0.05) is 30.1 Å². The lowest BCUT2D eigenvalue weighted by Crippen LogP contribution is -2.39. The van der Waals surface area contributed by atoms with Crippen LogP contribution < -0.4 is 0 Å². The van der Waals surface area contributed by atoms with Crippen LogP contribution in [0.1, 0.15) is 53.0 Å². The fourth-order valence-corrected chi connectivity index (χ4v) is 6.54. The van der Waals surface area contributed by atoms with E-state index >= 15 is 0 Å². The van der Waals surface area contributed by atoms with Crippen LogP contribution in [0, 0.1) is 0 Å². The normalized spacial score (nSPS) is 20.6. The first-order valence-corrected chi connectivity index (χ1v) is 11.8. The molecule has 1 saturated heterocycles. The highest BCUT2D eigenvalue weighted by Gasteiger charge is 2.31. The summed E-state index contributed by atoms with van der Waals surface area (Å²) in [4.78, 5) is 16.7. The third-order valence-corrected chi connectivity index (χ3v) is 8.46. The van der Waals surface area contributed by atoms with Crippen molar-refractivity contribution in [3.05, 3.63) is 51.7 Å². The molecular formula is C20H24N2O3S2. The first kappa shape index (κ1) is 18.7. The molecule has 3 heterocycles. The molecule has 1 fully saturated rings. The van der Waals surface area contributed by atoms with Crippen molar-refractivity contribution in [1.82, 2.24) is 9.21 Å². The van der Waals surface area contributed by atoms with E-state index in [1.807, 2.05) is 4.90 Å². The maximum absolute atomic E-state index is 13.1. The van der Waals surface area contributed by atoms with Gasteiger partial charge >= 0.3 is 0 Å². The van der Waals surface area contributed by atoms with E-state index in [1.165, 1.54) is 14.7 Å². The molecule has 0 saturated carbocycles. The largest absolute Gasteiger partial charge is 0.331 e. The summed E-state index contributed by atoms with van der Waals surface area (Å²) in [6.07, 6.45) is 3.58. The minimum absolute atomic E-state index is 0.0242. The van der Waals surface area contributed by atoms with E-state index in [1.54, 1.807) is 35.6 Å². The van der Waals surface area contributed by atoms with Crippen LogP contribution >= 0.6 is 11.3 Å². The summed E-state index contributed by atoms with van der Waals surface area (Å²) in [5.41, 5.74) is 1.81. The van der Waals surface area contributed by atoms with E-state index in [0.717, 1.165) is 25.7 Å². The number of carbonyl (C=O) groups is 1. The Morgan fingerprint density at radius 2 is 1.81 bits per heavy atom. The van der Waals surface area contributed by atoms with E-state index in [0.29, 0.717) is 25.2 Å². The summed E-state index contributed by atoms with van der Waals surface area (Å²) in [5.74, 6) is -0.0242. The fourth-order valence-electron chi connectivity index (χ4n) is 4.09. The summed E-state index contributed by atoms with van der Waals surface area (Å²) in [7, 11) is -3.44. The molecule has 144 valence electrons. The Morgan fingerprint density at radius 1 is 1.11 bits per heavy atom. The number of thiophene rings is 1. The van der Waals surface area contributed by atoms with Gasteiger partial charge in [-0.15, -0.1) is 11.3 Å². The highest BCUT2D eigenvalue weighted by Crippen LogP contribution is 2.36. The van der Waals surface area contributed by atoms with Crippen molar-refractivity contribution in [1.29, 1.82) is 0 Å². The van der Waals surface area contributed by atoms with Crippen molar-refractivity contribution in [3.63, 3.8) is 0 Å². The van der Waals surface area contributed by atoms with E-state index in [9.17, 15) is 13.2 Å². The van der Waals surface area contributed by atoms with Crippen molar-refractivity contribution >= 4 is 27.3 Å². The Kier molecular flexibility index (Phi) is 5.09. The fraction of sp³-hybridized carbons (Fsp3) is 0.450. The Morgan fingerprint density at radius 3 is 2.48 bits per heavy atom. The Balaban J connectivity index is 1.56. The molecule has 0 bridgehead atoms. The molecule has 7 heteroatoms. The van der Waals surface area contributed by atoms with E-state index in [2.05, 4.69) is 18.4 Å². The summed E-state index contributed by atoms with van der Waals surface area (Å²) in [6, 6.07) is 8.67. The van der Waals surface area contributed by atoms with Crippen molar-refractivity contribution < 1.29 is 13.2 Å². The van der Waals surface area contributed by atoms with Gasteiger partial charge in [-0.05, 0) is 67.0 Å². The SMILES string of the molecule is CC[C@H]1c2ccsc2CCN1C(=O)c1ccc(S(=O)(=O)N2CCCC2)cc1. The summed E-state index contributed by atoms with van der Waals surface area (Å²) < 4.78 is 26.8. The van der Waals surface area contributed by atoms with Gasteiger partial charge in [-0.25, -0.2) is 8.42 Å². The molecule has 5 nitrogen and oxygen atoms in total. The van der Waals surface area contributed by atoms with Crippen LogP contribution in [0.3, 0.4) is 0 Å². The molecule has 2 aliphatic heterocycles. The summed E-state index contributed by atoms with van der Waals surface area (Å²) in [6.45, 7) is 3.97. The maximum atomic E-state index is 13.1. The minimum Gasteiger partial charge on any atom is -0.331 e. The van der Waals surface area contributed by atoms with E-state index in [4.69, 9.17) is 0 Å². The lowest BCUT2D eigenvalue weighted by Gasteiger charge is -2.35. The van der Waals surface area contributed by atoms with Crippen LogP contribution in [-0.2, 0) is 16.4 Å². The Hall–Kier alpha value is -1.70. The molecule has 2 aromatic rings. The lowest BCUT2D eigenvalue weighted by atomic mass is 9.97. The van der Waals surface area contributed by atoms with Crippen LogP contribution in [0.25, 0.3) is 0 Å². The van der Waals surface area contributed by atoms with Gasteiger partial charge in [0.2, 0.25) is 10.0 Å². The molecule has 0 spiro atoms. The number of nitrogens with zero attached hydrogens (tertiary/aromatic N) is 2. The van der Waals surface area contributed by atoms with Gasteiger partial charge in [-0.2, -0.15) is 4.31 Å². The molecule has 1 atom stereocenters. The van der Waals surface area contributed by atoms with Crippen LogP contribution in [0.2, 0.25) is 0 Å². The quantitative estimate of drug-likeness (QED) is 0.781. The topological polar surface area (TPSA) is 57.7 Å². The molecule has 2 aliphatic rings. The van der Waals surface area contributed by atoms with Crippen molar-refractivity contribution in [2.75, 3.05) is 19.6 Å². The van der Waals surface area contributed by atoms with Crippen LogP contribution in [0.5, 0.6) is 0 Å². The number of sulfonamides is 1. The van der Waals surface area contributed by atoms with Crippen molar-refractivity contribution in [3.8, 4) is 0 Å². The molecule has 1 amide bonds. The van der Waals surface area contributed by atoms with Gasteiger partial charge in [0.15, 0.2) is 0 Å². The number of benzene rings is 1. The molecule has 0 radical (unpaired) electrons. The number of fused-ring (bicyclic) bond motifs is 1. The molecule has 1 aromatic carbocycles. The third kappa shape index (κ3) is 3.32. The second-order valence-electron chi connectivity index (χ2n) is 7.11. The molecule has 0 N–H and O–H groups in total. The Bertz CT molecular complexity index is 928. The Labute approximate surface area is 164 Å². The van der Waals surface area contributed by atoms with E-state index < -0.39 is 10.0 Å². The minimum atomic E-state index is -3.44. The highest BCUT2D eigenvalue weighted by atomic mass is 32.2. The van der Waals surface area contributed by atoms with Crippen molar-refractivity contribution in [2.45, 2.75) is 43.5 Å². The summed E-state index contributed by atoms with van der Waals surface area (Å²) >= 11 is 1.76. The summed E-state index contributed by atoms with van der Waals surface area (Å²) in [5, 5.41) is 2.10. The predicted octanol–water partition coefficient (Wildman–Crippen LogP) is 3.68. The van der Waals surface area contributed by atoms with Gasteiger partial charge in [0.05, 0.1) is 10.9 Å². The zero-order valence-electron chi connectivity index (χ0n) is 15.4. The van der Waals surface area contributed by atoms with E-state index in [-0.39, 0.29) is 16.8 Å². The van der Waals surface area contributed by atoms with Crippen molar-refractivity contribution in [2.24, 2.45) is 0 Å². The smallest absolute Gasteiger partial charge is 0.254 e. The predicted molar refractivity (Wildman–Crippen MR) is 107 cm³/mol. The maximum Gasteiger partial charge on any atom is 0.254 e. The molecule has 4 rings (SSSR count). The third-order valence-electron chi connectivity index (χ3n) is 5.55. The zero-order chi connectivity index (χ0) is 19.0. The van der Waals surface area contributed by atoms with Crippen LogP contribution in [0.15, 0.2) is 40.6 Å². The molecular weight excluding hydrogens is 380 g/mol. The van der Waals surface area contributed by atoms with Gasteiger partial charge in [0.25, 0.3) is 5.91 Å².